The summed E-state index contributed by atoms with van der Waals surface area (Å²) in [6, 6.07) is 13.8. The second-order valence-corrected chi connectivity index (χ2v) is 6.80. The van der Waals surface area contributed by atoms with E-state index >= 15 is 0 Å². The maximum Gasteiger partial charge on any atom is 0.267 e. The lowest BCUT2D eigenvalue weighted by molar-refractivity contribution is 0.583. The lowest BCUT2D eigenvalue weighted by Crippen LogP contribution is -2.23. The van der Waals surface area contributed by atoms with Crippen LogP contribution in [0.25, 0.3) is 11.3 Å². The van der Waals surface area contributed by atoms with Crippen LogP contribution < -0.4 is 5.56 Å². The molecule has 1 aromatic heterocycles. The number of nitrogens with zero attached hydrogens (tertiary/aromatic N) is 3. The highest BCUT2D eigenvalue weighted by molar-refractivity contribution is 6.03. The van der Waals surface area contributed by atoms with Crippen molar-refractivity contribution in [3.05, 3.63) is 99.5 Å². The van der Waals surface area contributed by atoms with Crippen LogP contribution in [0.3, 0.4) is 0 Å². The summed E-state index contributed by atoms with van der Waals surface area (Å²) in [5.41, 5.74) is 4.40. The highest BCUT2D eigenvalue weighted by Crippen LogP contribution is 2.20. The lowest BCUT2D eigenvalue weighted by atomic mass is 10.0. The molecule has 1 aliphatic rings. The van der Waals surface area contributed by atoms with Gasteiger partial charge in [-0.2, -0.15) is 5.10 Å². The smallest absolute Gasteiger partial charge is 0.267 e. The summed E-state index contributed by atoms with van der Waals surface area (Å²) >= 11 is 0. The van der Waals surface area contributed by atoms with Crippen LogP contribution in [0.1, 0.15) is 24.5 Å². The second-order valence-electron chi connectivity index (χ2n) is 6.80. The molecule has 6 heteroatoms. The molecule has 0 aliphatic carbocycles. The molecule has 0 spiro atoms. The fourth-order valence-electron chi connectivity index (χ4n) is 3.16. The Bertz CT molecular complexity index is 1160. The summed E-state index contributed by atoms with van der Waals surface area (Å²) in [7, 11) is 0. The Morgan fingerprint density at radius 1 is 1.00 bits per heavy atom. The van der Waals surface area contributed by atoms with Gasteiger partial charge in [0.05, 0.1) is 18.0 Å². The number of rotatable bonds is 4. The van der Waals surface area contributed by atoms with Gasteiger partial charge >= 0.3 is 0 Å². The van der Waals surface area contributed by atoms with Gasteiger partial charge in [-0.25, -0.2) is 13.5 Å². The third-order valence-electron chi connectivity index (χ3n) is 4.50. The summed E-state index contributed by atoms with van der Waals surface area (Å²) in [6.45, 7) is 2.28. The molecule has 4 rings (SSSR count). The molecule has 0 saturated carbocycles. The Hall–Kier alpha value is -3.41. The van der Waals surface area contributed by atoms with Crippen LogP contribution in [-0.2, 0) is 6.54 Å². The normalized spacial score (nSPS) is 13.4. The van der Waals surface area contributed by atoms with Crippen LogP contribution in [0.15, 0.2) is 76.2 Å². The molecule has 0 bridgehead atoms. The highest BCUT2D eigenvalue weighted by atomic mass is 19.1. The predicted octanol–water partition coefficient (Wildman–Crippen LogP) is 4.33. The lowest BCUT2D eigenvalue weighted by Gasteiger charge is -2.09. The van der Waals surface area contributed by atoms with E-state index in [1.165, 1.54) is 34.5 Å². The molecule has 0 N–H and O–H groups in total. The van der Waals surface area contributed by atoms with Crippen molar-refractivity contribution in [2.24, 2.45) is 4.99 Å². The van der Waals surface area contributed by atoms with E-state index in [0.717, 1.165) is 29.3 Å². The zero-order valence-corrected chi connectivity index (χ0v) is 15.2. The molecule has 0 amide bonds. The third kappa shape index (κ3) is 3.81. The zero-order chi connectivity index (χ0) is 19.7. The van der Waals surface area contributed by atoms with Gasteiger partial charge in [0.2, 0.25) is 0 Å². The molecule has 0 atom stereocenters. The van der Waals surface area contributed by atoms with Crippen molar-refractivity contribution in [1.82, 2.24) is 9.78 Å². The molecule has 140 valence electrons. The maximum absolute atomic E-state index is 13.5. The van der Waals surface area contributed by atoms with Crippen LogP contribution in [0.5, 0.6) is 0 Å². The van der Waals surface area contributed by atoms with Crippen LogP contribution in [0.2, 0.25) is 0 Å². The number of benzene rings is 2. The van der Waals surface area contributed by atoms with Crippen molar-refractivity contribution < 1.29 is 8.78 Å². The average Bonchev–Trinajstić information content (AvgIpc) is 3.09. The maximum atomic E-state index is 13.5. The standard InChI is InChI=1S/C22H17F2N3O/c1-14-7-21(25-12-14)16-4-2-3-15(8-16)13-27-22(28)6-5-20(26-27)17-9-18(23)11-19(24)10-17/h2-6,8-12H,7,13H2,1H3. The van der Waals surface area contributed by atoms with Gasteiger partial charge in [0.1, 0.15) is 11.6 Å². The molecule has 3 aromatic rings. The van der Waals surface area contributed by atoms with Gasteiger partial charge in [-0.05, 0) is 47.9 Å². The number of halogens is 2. The summed E-state index contributed by atoms with van der Waals surface area (Å²) < 4.78 is 28.3. The summed E-state index contributed by atoms with van der Waals surface area (Å²) in [6.07, 6.45) is 2.66. The van der Waals surface area contributed by atoms with Gasteiger partial charge in [0, 0.05) is 30.3 Å². The highest BCUT2D eigenvalue weighted by Gasteiger charge is 2.11. The Morgan fingerprint density at radius 2 is 1.79 bits per heavy atom. The molecular weight excluding hydrogens is 360 g/mol. The number of allylic oxidation sites excluding steroid dienone is 1. The first-order chi connectivity index (χ1) is 13.5. The third-order valence-corrected chi connectivity index (χ3v) is 4.50. The minimum Gasteiger partial charge on any atom is -0.268 e. The van der Waals surface area contributed by atoms with Crippen molar-refractivity contribution in [2.45, 2.75) is 19.9 Å². The SMILES string of the molecule is CC1=CN=C(c2cccc(Cn3nc(-c4cc(F)cc(F)c4)ccc3=O)c2)C1. The van der Waals surface area contributed by atoms with Gasteiger partial charge in [-0.1, -0.05) is 18.2 Å². The Morgan fingerprint density at radius 3 is 2.50 bits per heavy atom. The van der Waals surface area contributed by atoms with Crippen molar-refractivity contribution in [3.63, 3.8) is 0 Å². The van der Waals surface area contributed by atoms with Crippen LogP contribution >= 0.6 is 0 Å². The van der Waals surface area contributed by atoms with Gasteiger partial charge in [-0.3, -0.25) is 9.79 Å². The van der Waals surface area contributed by atoms with Crippen LogP contribution in [-0.4, -0.2) is 15.5 Å². The molecule has 0 saturated heterocycles. The number of hydrogen-bond acceptors (Lipinski definition) is 3. The molecule has 2 heterocycles. The van der Waals surface area contributed by atoms with E-state index in [4.69, 9.17) is 0 Å². The fourth-order valence-corrected chi connectivity index (χ4v) is 3.16. The molecule has 4 nitrogen and oxygen atoms in total. The van der Waals surface area contributed by atoms with Gasteiger partial charge in [0.25, 0.3) is 5.56 Å². The van der Waals surface area contributed by atoms with Crippen molar-refractivity contribution in [3.8, 4) is 11.3 Å². The summed E-state index contributed by atoms with van der Waals surface area (Å²) in [5, 5.41) is 4.29. The molecule has 0 radical (unpaired) electrons. The first-order valence-corrected chi connectivity index (χ1v) is 8.84. The van der Waals surface area contributed by atoms with Crippen LogP contribution in [0, 0.1) is 11.6 Å². The summed E-state index contributed by atoms with van der Waals surface area (Å²) in [4.78, 5) is 16.7. The van der Waals surface area contributed by atoms with E-state index in [1.807, 2.05) is 37.4 Å². The molecule has 28 heavy (non-hydrogen) atoms. The second kappa shape index (κ2) is 7.31. The topological polar surface area (TPSA) is 47.2 Å². The molecule has 1 aliphatic heterocycles. The Kier molecular flexibility index (Phi) is 4.69. The van der Waals surface area contributed by atoms with E-state index in [2.05, 4.69) is 10.1 Å². The molecular formula is C22H17F2N3O. The fraction of sp³-hybridized carbons (Fsp3) is 0.136. The van der Waals surface area contributed by atoms with E-state index in [9.17, 15) is 13.6 Å². The molecule has 0 fully saturated rings. The number of aliphatic imine (C=N–C) groups is 1. The first-order valence-electron chi connectivity index (χ1n) is 8.84. The van der Waals surface area contributed by atoms with Gasteiger partial charge in [0.15, 0.2) is 0 Å². The minimum absolute atomic E-state index is 0.248. The minimum atomic E-state index is -0.691. The Labute approximate surface area is 160 Å². The van der Waals surface area contributed by atoms with E-state index in [-0.39, 0.29) is 17.7 Å². The van der Waals surface area contributed by atoms with Crippen molar-refractivity contribution in [1.29, 1.82) is 0 Å². The monoisotopic (exact) mass is 377 g/mol. The summed E-state index contributed by atoms with van der Waals surface area (Å²) in [5.74, 6) is -1.38. The van der Waals surface area contributed by atoms with Gasteiger partial charge < -0.3 is 0 Å². The van der Waals surface area contributed by atoms with E-state index in [0.29, 0.717) is 5.69 Å². The Balaban J connectivity index is 1.64. The zero-order valence-electron chi connectivity index (χ0n) is 15.2. The molecule has 0 unspecified atom stereocenters. The van der Waals surface area contributed by atoms with E-state index < -0.39 is 11.6 Å². The van der Waals surface area contributed by atoms with E-state index in [1.54, 1.807) is 0 Å². The largest absolute Gasteiger partial charge is 0.268 e. The predicted molar refractivity (Wildman–Crippen MR) is 104 cm³/mol. The first kappa shape index (κ1) is 18.0. The number of hydrogen-bond donors (Lipinski definition) is 0. The van der Waals surface area contributed by atoms with Crippen LogP contribution in [0.4, 0.5) is 8.78 Å². The average molecular weight is 377 g/mol. The molecule has 2 aromatic carbocycles. The van der Waals surface area contributed by atoms with Gasteiger partial charge in [-0.15, -0.1) is 0 Å². The quantitative estimate of drug-likeness (QED) is 0.679. The van der Waals surface area contributed by atoms with Crippen molar-refractivity contribution >= 4 is 5.71 Å². The number of aromatic nitrogens is 2. The van der Waals surface area contributed by atoms with Crippen molar-refractivity contribution in [2.75, 3.05) is 0 Å².